The number of likely N-dealkylation sites (tertiary alicyclic amines) is 1. The number of carbonyl (C=O) groups is 1. The molecule has 8 nitrogen and oxygen atoms in total. The van der Waals surface area contributed by atoms with Crippen molar-refractivity contribution in [1.29, 1.82) is 5.26 Å². The zero-order chi connectivity index (χ0) is 22.7. The predicted molar refractivity (Wildman–Crippen MR) is 120 cm³/mol. The minimum Gasteiger partial charge on any atom is -0.496 e. The topological polar surface area (TPSA) is 118 Å². The summed E-state index contributed by atoms with van der Waals surface area (Å²) in [5.74, 6) is 1.08. The summed E-state index contributed by atoms with van der Waals surface area (Å²) in [5.41, 5.74) is 9.92. The number of hydrogen-bond donors (Lipinski definition) is 1. The molecule has 1 saturated heterocycles. The molecule has 0 unspecified atom stereocenters. The molecular weight excluding hydrogens is 404 g/mol. The van der Waals surface area contributed by atoms with Crippen molar-refractivity contribution >= 4 is 11.7 Å². The number of aryl methyl sites for hydroxylation is 1. The van der Waals surface area contributed by atoms with Gasteiger partial charge in [0.15, 0.2) is 0 Å². The van der Waals surface area contributed by atoms with Gasteiger partial charge in [0.25, 0.3) is 5.91 Å². The van der Waals surface area contributed by atoms with Gasteiger partial charge in [0.2, 0.25) is 0 Å². The number of benzene rings is 1. The smallest absolute Gasteiger partial charge is 0.272 e. The molecule has 1 aliphatic rings. The van der Waals surface area contributed by atoms with Crippen molar-refractivity contribution in [2.45, 2.75) is 25.7 Å². The van der Waals surface area contributed by atoms with Gasteiger partial charge in [-0.3, -0.25) is 9.78 Å². The van der Waals surface area contributed by atoms with Crippen LogP contribution in [0.5, 0.6) is 5.75 Å². The number of methoxy groups -OCH3 is 1. The molecule has 8 heteroatoms. The zero-order valence-electron chi connectivity index (χ0n) is 18.1. The summed E-state index contributed by atoms with van der Waals surface area (Å²) >= 11 is 0. The van der Waals surface area contributed by atoms with Crippen LogP contribution in [-0.2, 0) is 0 Å². The first-order valence-corrected chi connectivity index (χ1v) is 10.4. The number of anilines is 1. The van der Waals surface area contributed by atoms with E-state index in [1.165, 1.54) is 0 Å². The molecule has 1 aliphatic heterocycles. The summed E-state index contributed by atoms with van der Waals surface area (Å²) in [7, 11) is 1.56. The molecule has 0 atom stereocenters. The maximum atomic E-state index is 13.1. The number of nitrogens with zero attached hydrogens (tertiary/aromatic N) is 5. The summed E-state index contributed by atoms with van der Waals surface area (Å²) in [6, 6.07) is 13.1. The Labute approximate surface area is 186 Å². The molecule has 3 aromatic rings. The Balaban J connectivity index is 1.50. The van der Waals surface area contributed by atoms with Gasteiger partial charge in [-0.15, -0.1) is 5.10 Å². The average Bonchev–Trinajstić information content (AvgIpc) is 2.84. The van der Waals surface area contributed by atoms with Crippen molar-refractivity contribution in [2.24, 2.45) is 0 Å². The van der Waals surface area contributed by atoms with Crippen LogP contribution in [-0.4, -0.2) is 46.2 Å². The van der Waals surface area contributed by atoms with E-state index in [-0.39, 0.29) is 11.8 Å². The Morgan fingerprint density at radius 1 is 1.19 bits per heavy atom. The first-order valence-electron chi connectivity index (χ1n) is 10.4. The number of hydrogen-bond acceptors (Lipinski definition) is 7. The lowest BCUT2D eigenvalue weighted by atomic mass is 9.93. The van der Waals surface area contributed by atoms with Crippen LogP contribution < -0.4 is 10.5 Å². The van der Waals surface area contributed by atoms with Crippen LogP contribution in [0.4, 0.5) is 5.82 Å². The lowest BCUT2D eigenvalue weighted by Gasteiger charge is -2.31. The number of carbonyl (C=O) groups excluding carboxylic acids is 1. The van der Waals surface area contributed by atoms with E-state index in [1.54, 1.807) is 31.5 Å². The van der Waals surface area contributed by atoms with Gasteiger partial charge in [-0.2, -0.15) is 10.4 Å². The fourth-order valence-electron chi connectivity index (χ4n) is 3.96. The number of nitrogens with two attached hydrogens (primary N) is 1. The van der Waals surface area contributed by atoms with E-state index >= 15 is 0 Å². The Morgan fingerprint density at radius 2 is 1.97 bits per heavy atom. The molecule has 4 rings (SSSR count). The zero-order valence-corrected chi connectivity index (χ0v) is 18.1. The highest BCUT2D eigenvalue weighted by atomic mass is 16.5. The highest BCUT2D eigenvalue weighted by Gasteiger charge is 2.27. The van der Waals surface area contributed by atoms with Crippen LogP contribution in [0.25, 0.3) is 11.1 Å². The van der Waals surface area contributed by atoms with E-state index in [1.807, 2.05) is 30.0 Å². The van der Waals surface area contributed by atoms with Crippen LogP contribution in [0.2, 0.25) is 0 Å². The van der Waals surface area contributed by atoms with Gasteiger partial charge in [0, 0.05) is 36.8 Å². The second kappa shape index (κ2) is 9.02. The van der Waals surface area contributed by atoms with Gasteiger partial charge in [-0.25, -0.2) is 0 Å². The Morgan fingerprint density at radius 3 is 2.62 bits per heavy atom. The molecular formula is C24H24N6O2. The molecule has 162 valence electrons. The molecule has 1 fully saturated rings. The third kappa shape index (κ3) is 4.23. The number of pyridine rings is 1. The van der Waals surface area contributed by atoms with E-state index in [9.17, 15) is 10.1 Å². The lowest BCUT2D eigenvalue weighted by Crippen LogP contribution is -2.38. The number of nitriles is 1. The van der Waals surface area contributed by atoms with Crippen LogP contribution in [0, 0.1) is 18.3 Å². The van der Waals surface area contributed by atoms with E-state index in [4.69, 9.17) is 10.5 Å². The summed E-state index contributed by atoms with van der Waals surface area (Å²) in [6.07, 6.45) is 3.24. The fraction of sp³-hybridized carbons (Fsp3) is 0.292. The number of piperidine rings is 1. The van der Waals surface area contributed by atoms with Gasteiger partial charge < -0.3 is 15.4 Å². The minimum atomic E-state index is -0.127. The van der Waals surface area contributed by atoms with E-state index < -0.39 is 0 Å². The van der Waals surface area contributed by atoms with Crippen molar-refractivity contribution in [3.8, 4) is 22.9 Å². The van der Waals surface area contributed by atoms with Gasteiger partial charge >= 0.3 is 0 Å². The van der Waals surface area contributed by atoms with Crippen LogP contribution >= 0.6 is 0 Å². The molecule has 1 aromatic carbocycles. The third-order valence-electron chi connectivity index (χ3n) is 5.88. The van der Waals surface area contributed by atoms with Crippen molar-refractivity contribution in [2.75, 3.05) is 25.9 Å². The van der Waals surface area contributed by atoms with E-state index in [0.29, 0.717) is 35.9 Å². The first-order chi connectivity index (χ1) is 15.5. The Hall–Kier alpha value is -3.99. The molecule has 3 heterocycles. The highest BCUT2D eigenvalue weighted by molar-refractivity contribution is 5.93. The SMILES string of the molecule is COc1cc(C(=O)N2CCC(c3ccc(N)nn3)CC2)ncc1-c1ccc(C)c(C#N)c1. The summed E-state index contributed by atoms with van der Waals surface area (Å²) in [4.78, 5) is 19.3. The second-order valence-corrected chi connectivity index (χ2v) is 7.86. The number of ether oxygens (including phenoxy) is 1. The number of nitrogen functional groups attached to an aromatic ring is 1. The molecule has 32 heavy (non-hydrogen) atoms. The molecule has 0 aliphatic carbocycles. The second-order valence-electron chi connectivity index (χ2n) is 7.86. The molecule has 2 aromatic heterocycles. The summed E-state index contributed by atoms with van der Waals surface area (Å²) < 4.78 is 5.55. The largest absolute Gasteiger partial charge is 0.496 e. The molecule has 0 spiro atoms. The summed E-state index contributed by atoms with van der Waals surface area (Å²) in [6.45, 7) is 3.12. The number of rotatable bonds is 4. The Kier molecular flexibility index (Phi) is 5.99. The highest BCUT2D eigenvalue weighted by Crippen LogP contribution is 2.32. The van der Waals surface area contributed by atoms with Gasteiger partial charge in [-0.1, -0.05) is 12.1 Å². The number of amides is 1. The normalized spacial score (nSPS) is 14.1. The maximum absolute atomic E-state index is 13.1. The number of aromatic nitrogens is 3. The molecule has 0 saturated carbocycles. The molecule has 2 N–H and O–H groups in total. The minimum absolute atomic E-state index is 0.127. The third-order valence-corrected chi connectivity index (χ3v) is 5.88. The van der Waals surface area contributed by atoms with E-state index in [2.05, 4.69) is 21.3 Å². The van der Waals surface area contributed by atoms with Crippen LogP contribution in [0.1, 0.15) is 46.1 Å². The molecule has 0 radical (unpaired) electrons. The predicted octanol–water partition coefficient (Wildman–Crippen LogP) is 3.33. The standard InChI is InChI=1S/C24H24N6O2/c1-15-3-4-17(11-18(15)13-25)19-14-27-21(12-22(19)32-2)24(31)30-9-7-16(8-10-30)20-5-6-23(26)29-28-20/h3-6,11-12,14,16H,7-10H2,1-2H3,(H2,26,29). The average molecular weight is 428 g/mol. The molecule has 0 bridgehead atoms. The van der Waals surface area contributed by atoms with E-state index in [0.717, 1.165) is 35.2 Å². The van der Waals surface area contributed by atoms with Crippen molar-refractivity contribution in [3.05, 3.63) is 65.1 Å². The van der Waals surface area contributed by atoms with Crippen LogP contribution in [0.15, 0.2) is 42.6 Å². The van der Waals surface area contributed by atoms with Crippen molar-refractivity contribution < 1.29 is 9.53 Å². The fourth-order valence-corrected chi connectivity index (χ4v) is 3.96. The Bertz CT molecular complexity index is 1180. The van der Waals surface area contributed by atoms with Crippen molar-refractivity contribution in [3.63, 3.8) is 0 Å². The molecule has 1 amide bonds. The maximum Gasteiger partial charge on any atom is 0.272 e. The van der Waals surface area contributed by atoms with Gasteiger partial charge in [-0.05, 0) is 49.1 Å². The lowest BCUT2D eigenvalue weighted by molar-refractivity contribution is 0.0705. The first kappa shape index (κ1) is 21.2. The van der Waals surface area contributed by atoms with Gasteiger partial charge in [0.1, 0.15) is 17.3 Å². The van der Waals surface area contributed by atoms with Crippen LogP contribution in [0.3, 0.4) is 0 Å². The van der Waals surface area contributed by atoms with Gasteiger partial charge in [0.05, 0.1) is 24.4 Å². The quantitative estimate of drug-likeness (QED) is 0.677. The summed E-state index contributed by atoms with van der Waals surface area (Å²) in [5, 5.41) is 17.4. The monoisotopic (exact) mass is 428 g/mol. The van der Waals surface area contributed by atoms with Crippen molar-refractivity contribution in [1.82, 2.24) is 20.1 Å².